The normalized spacial score (nSPS) is 18.5. The van der Waals surface area contributed by atoms with Gasteiger partial charge in [0.2, 0.25) is 0 Å². The van der Waals surface area contributed by atoms with Crippen LogP contribution in [-0.2, 0) is 29.7 Å². The molecule has 0 amide bonds. The predicted octanol–water partition coefficient (Wildman–Crippen LogP) is 2.81. The van der Waals surface area contributed by atoms with E-state index in [-0.39, 0.29) is 41.1 Å². The van der Waals surface area contributed by atoms with Gasteiger partial charge in [0.05, 0.1) is 0 Å². The number of benzene rings is 3. The van der Waals surface area contributed by atoms with Gasteiger partial charge in [-0.1, -0.05) is 107 Å². The average molecular weight is 698 g/mol. The van der Waals surface area contributed by atoms with Crippen molar-refractivity contribution in [3.63, 3.8) is 0 Å². The van der Waals surface area contributed by atoms with Crippen molar-refractivity contribution in [3.8, 4) is 0 Å². The van der Waals surface area contributed by atoms with E-state index in [1.54, 1.807) is 0 Å². The molecule has 0 aromatic heterocycles. The van der Waals surface area contributed by atoms with E-state index in [0.717, 1.165) is 6.42 Å². The van der Waals surface area contributed by atoms with Gasteiger partial charge in [0.15, 0.2) is 0 Å². The minimum atomic E-state index is -0.0182. The maximum atomic E-state index is 3.87. The summed E-state index contributed by atoms with van der Waals surface area (Å²) in [7, 11) is 0. The van der Waals surface area contributed by atoms with Crippen LogP contribution in [0.2, 0.25) is 0 Å². The second-order valence-corrected chi connectivity index (χ2v) is 15.2. The number of hydrogen-bond acceptors (Lipinski definition) is 0. The first-order valence-electron chi connectivity index (χ1n) is 15.1. The van der Waals surface area contributed by atoms with Crippen LogP contribution in [0.25, 0.3) is 11.6 Å². The second kappa shape index (κ2) is 14.0. The van der Waals surface area contributed by atoms with Crippen LogP contribution in [-0.4, -0.2) is 3.21 Å². The van der Waals surface area contributed by atoms with Crippen molar-refractivity contribution < 1.29 is 49.0 Å². The maximum absolute atomic E-state index is 3.87. The van der Waals surface area contributed by atoms with Crippen molar-refractivity contribution in [1.82, 2.24) is 0 Å². The second-order valence-electron chi connectivity index (χ2n) is 14.0. The Labute approximate surface area is 292 Å². The van der Waals surface area contributed by atoms with Crippen molar-refractivity contribution in [2.75, 3.05) is 0 Å². The first kappa shape index (κ1) is 36.2. The zero-order valence-electron chi connectivity index (χ0n) is 27.3. The standard InChI is InChI=1S/C28H33.C13H10.2ClH.Zr/c1-18-17-28(8,27(5,6)7)25(19-11-9-10-12-19)23-16-20-15-21(26(2,3)4)13-14-22(20)24(18)23;1-3-7-12(8-4-1)11-13-9-5-2-6-10-13;;;/h9-11,13-15,17H,12H2,1-8H3;1-10H;2*1H;/q-1;;;;+2/p-2. The number of allylic oxidation sites excluding steroid dienone is 8. The van der Waals surface area contributed by atoms with Crippen molar-refractivity contribution in [1.29, 1.82) is 0 Å². The van der Waals surface area contributed by atoms with Gasteiger partial charge in [0.25, 0.3) is 0 Å². The molecule has 1 atom stereocenters. The van der Waals surface area contributed by atoms with Crippen LogP contribution >= 0.6 is 0 Å². The Morgan fingerprint density at radius 1 is 0.818 bits per heavy atom. The molecule has 0 spiro atoms. The number of hydrogen-bond donors (Lipinski definition) is 0. The van der Waals surface area contributed by atoms with Crippen molar-refractivity contribution >= 4 is 14.9 Å². The van der Waals surface area contributed by atoms with E-state index in [1.807, 2.05) is 0 Å². The molecule has 3 heteroatoms. The molecule has 0 nitrogen and oxygen atoms in total. The summed E-state index contributed by atoms with van der Waals surface area (Å²) in [4.78, 5) is 0. The molecule has 6 rings (SSSR count). The van der Waals surface area contributed by atoms with Gasteiger partial charge in [-0.15, -0.1) is 33.7 Å². The monoisotopic (exact) mass is 695 g/mol. The molecule has 0 saturated heterocycles. The molecular weight excluding hydrogens is 655 g/mol. The molecule has 3 aliphatic rings. The molecule has 0 aliphatic heterocycles. The Bertz CT molecular complexity index is 1730. The van der Waals surface area contributed by atoms with Gasteiger partial charge in [0.1, 0.15) is 0 Å². The Balaban J connectivity index is 0.000000280. The fourth-order valence-electron chi connectivity index (χ4n) is 6.19. The number of fused-ring (bicyclic) bond motifs is 2. The SMILES string of the molecule is CC1=CC(C)(C(C)(C)C)C(C2=CC=CC2)=C2[C-]=c3cc(C(C)(C)C)ccc3=C12.[Cl-].[Cl-].[Zr+2]=[C](c1ccccc1)c1ccccc1. The van der Waals surface area contributed by atoms with E-state index in [4.69, 9.17) is 0 Å². The van der Waals surface area contributed by atoms with Gasteiger partial charge in [-0.2, -0.15) is 0 Å². The van der Waals surface area contributed by atoms with E-state index < -0.39 is 0 Å². The molecule has 0 radical (unpaired) electrons. The van der Waals surface area contributed by atoms with Gasteiger partial charge in [-0.25, -0.2) is 0 Å². The zero-order chi connectivity index (χ0) is 30.3. The molecular formula is C41H43Cl2Zr-. The first-order valence-corrected chi connectivity index (χ1v) is 16.3. The van der Waals surface area contributed by atoms with Crippen LogP contribution in [0, 0.1) is 10.8 Å². The summed E-state index contributed by atoms with van der Waals surface area (Å²) in [5.41, 5.74) is 11.3. The molecule has 3 aromatic rings. The van der Waals surface area contributed by atoms with Gasteiger partial charge >= 0.3 is 99.2 Å². The third kappa shape index (κ3) is 7.07. The topological polar surface area (TPSA) is 0 Å². The Morgan fingerprint density at radius 3 is 1.86 bits per heavy atom. The summed E-state index contributed by atoms with van der Waals surface area (Å²) < 4.78 is 1.42. The minimum absolute atomic E-state index is 0. The van der Waals surface area contributed by atoms with Gasteiger partial charge in [-0.05, 0) is 29.6 Å². The molecule has 3 aliphatic carbocycles. The van der Waals surface area contributed by atoms with Crippen LogP contribution < -0.4 is 35.3 Å². The summed E-state index contributed by atoms with van der Waals surface area (Å²) in [5, 5.41) is 2.60. The van der Waals surface area contributed by atoms with E-state index in [9.17, 15) is 0 Å². The number of halogens is 2. The van der Waals surface area contributed by atoms with Crippen LogP contribution in [0.15, 0.2) is 125 Å². The molecule has 0 fully saturated rings. The molecule has 1 unspecified atom stereocenters. The van der Waals surface area contributed by atoms with Gasteiger partial charge < -0.3 is 24.8 Å². The van der Waals surface area contributed by atoms with E-state index >= 15 is 0 Å². The number of rotatable bonds is 3. The summed E-state index contributed by atoms with van der Waals surface area (Å²) >= 11 is 1.46. The summed E-state index contributed by atoms with van der Waals surface area (Å²) in [6.45, 7) is 18.6. The van der Waals surface area contributed by atoms with Crippen molar-refractivity contribution in [3.05, 3.63) is 153 Å². The first-order chi connectivity index (χ1) is 19.8. The third-order valence-electron chi connectivity index (χ3n) is 9.11. The summed E-state index contributed by atoms with van der Waals surface area (Å²) in [5.74, 6) is 0. The van der Waals surface area contributed by atoms with E-state index in [0.29, 0.717) is 0 Å². The fourth-order valence-corrected chi connectivity index (χ4v) is 7.01. The Morgan fingerprint density at radius 2 is 1.39 bits per heavy atom. The summed E-state index contributed by atoms with van der Waals surface area (Å²) in [6.07, 6.45) is 14.2. The fraction of sp³-hybridized carbons (Fsp3) is 0.293. The average Bonchev–Trinajstić information content (AvgIpc) is 3.61. The Hall–Kier alpha value is -2.31. The van der Waals surface area contributed by atoms with Crippen LogP contribution in [0.5, 0.6) is 0 Å². The molecule has 0 bridgehead atoms. The van der Waals surface area contributed by atoms with Gasteiger partial charge in [-0.3, -0.25) is 0 Å². The third-order valence-corrected chi connectivity index (χ3v) is 10.5. The summed E-state index contributed by atoms with van der Waals surface area (Å²) in [6, 6.07) is 28.1. The zero-order valence-corrected chi connectivity index (χ0v) is 31.2. The molecule has 0 N–H and O–H groups in total. The Kier molecular flexibility index (Phi) is 11.5. The molecule has 0 saturated carbocycles. The van der Waals surface area contributed by atoms with Crippen LogP contribution in [0.3, 0.4) is 0 Å². The van der Waals surface area contributed by atoms with Crippen LogP contribution in [0.4, 0.5) is 0 Å². The van der Waals surface area contributed by atoms with Crippen molar-refractivity contribution in [2.24, 2.45) is 10.8 Å². The molecule has 226 valence electrons. The van der Waals surface area contributed by atoms with E-state index in [1.165, 1.54) is 82.4 Å². The van der Waals surface area contributed by atoms with E-state index in [2.05, 4.69) is 165 Å². The molecule has 44 heavy (non-hydrogen) atoms. The van der Waals surface area contributed by atoms with Crippen LogP contribution in [0.1, 0.15) is 78.5 Å². The van der Waals surface area contributed by atoms with Gasteiger partial charge in [0, 0.05) is 0 Å². The molecule has 0 heterocycles. The molecule has 3 aromatic carbocycles. The predicted molar refractivity (Wildman–Crippen MR) is 177 cm³/mol. The van der Waals surface area contributed by atoms with Crippen molar-refractivity contribution in [2.45, 2.75) is 67.2 Å². The quantitative estimate of drug-likeness (QED) is 0.370.